The van der Waals surface area contributed by atoms with E-state index in [4.69, 9.17) is 4.52 Å². The van der Waals surface area contributed by atoms with Crippen molar-refractivity contribution in [3.8, 4) is 17.1 Å². The number of aromatic nitrogens is 2. The molecule has 1 fully saturated rings. The first-order chi connectivity index (χ1) is 16.7. The summed E-state index contributed by atoms with van der Waals surface area (Å²) < 4.78 is 60.0. The fraction of sp³-hybridized carbons (Fsp3) is 0.462. The Hall–Kier alpha value is -2.94. The predicted octanol–water partition coefficient (Wildman–Crippen LogP) is 6.82. The average molecular weight is 492 g/mol. The molecule has 9 heteroatoms. The topological polar surface area (TPSA) is 51.4 Å². The van der Waals surface area contributed by atoms with E-state index in [1.54, 1.807) is 12.1 Å². The van der Waals surface area contributed by atoms with E-state index in [2.05, 4.69) is 19.8 Å². The Morgan fingerprint density at radius 1 is 1.06 bits per heavy atom. The lowest BCUT2D eigenvalue weighted by Crippen LogP contribution is -2.30. The van der Waals surface area contributed by atoms with E-state index in [0.29, 0.717) is 35.5 Å². The van der Waals surface area contributed by atoms with E-state index in [1.165, 1.54) is 30.3 Å². The Labute approximate surface area is 202 Å². The number of nitrogens with zero attached hydrogens (tertiary/aromatic N) is 3. The smallest absolute Gasteiger partial charge is 0.406 e. The van der Waals surface area contributed by atoms with Crippen LogP contribution in [0.3, 0.4) is 0 Å². The Bertz CT molecular complexity index is 1090. The van der Waals surface area contributed by atoms with Crippen molar-refractivity contribution in [1.29, 1.82) is 0 Å². The number of halogens is 4. The molecule has 0 amide bonds. The first-order valence-electron chi connectivity index (χ1n) is 11.8. The maximum atomic E-state index is 13.8. The van der Waals surface area contributed by atoms with Crippen LogP contribution in [0.5, 0.6) is 5.75 Å². The van der Waals surface area contributed by atoms with Crippen molar-refractivity contribution in [2.24, 2.45) is 11.8 Å². The van der Waals surface area contributed by atoms with Gasteiger partial charge in [-0.2, -0.15) is 4.98 Å². The minimum absolute atomic E-state index is 0.193. The normalized spacial score (nSPS) is 19.6. The van der Waals surface area contributed by atoms with Gasteiger partial charge in [-0.1, -0.05) is 30.1 Å². The molecule has 1 aromatic heterocycles. The van der Waals surface area contributed by atoms with Crippen molar-refractivity contribution in [3.63, 3.8) is 0 Å². The SMILES string of the molecule is CN(C)C(c1cccc(F)c1)C1CCC(CCc2nc(-c3ccc(OC(F)(F)F)cc3)no2)CC1. The lowest BCUT2D eigenvalue weighted by atomic mass is 9.75. The molecule has 5 nitrogen and oxygen atoms in total. The van der Waals surface area contributed by atoms with E-state index >= 15 is 0 Å². The number of ether oxygens (including phenoxy) is 1. The summed E-state index contributed by atoms with van der Waals surface area (Å²) in [6.45, 7) is 0. The quantitative estimate of drug-likeness (QED) is 0.324. The Balaban J connectivity index is 1.29. The maximum absolute atomic E-state index is 13.8. The lowest BCUT2D eigenvalue weighted by Gasteiger charge is -2.37. The molecule has 188 valence electrons. The second-order valence-electron chi connectivity index (χ2n) is 9.37. The highest BCUT2D eigenvalue weighted by Gasteiger charge is 2.31. The highest BCUT2D eigenvalue weighted by Crippen LogP contribution is 2.40. The van der Waals surface area contributed by atoms with Gasteiger partial charge in [-0.15, -0.1) is 13.2 Å². The second-order valence-corrected chi connectivity index (χ2v) is 9.37. The molecule has 4 rings (SSSR count). The van der Waals surface area contributed by atoms with Gasteiger partial charge in [0.15, 0.2) is 0 Å². The zero-order chi connectivity index (χ0) is 25.0. The van der Waals surface area contributed by atoms with Crippen LogP contribution in [0, 0.1) is 17.7 Å². The van der Waals surface area contributed by atoms with Gasteiger partial charge in [0, 0.05) is 18.0 Å². The highest BCUT2D eigenvalue weighted by atomic mass is 19.4. The zero-order valence-electron chi connectivity index (χ0n) is 19.8. The van der Waals surface area contributed by atoms with E-state index in [0.717, 1.165) is 37.7 Å². The van der Waals surface area contributed by atoms with Crippen LogP contribution in [0.2, 0.25) is 0 Å². The summed E-state index contributed by atoms with van der Waals surface area (Å²) in [5, 5.41) is 3.96. The van der Waals surface area contributed by atoms with Crippen LogP contribution in [0.1, 0.15) is 49.6 Å². The number of hydrogen-bond donors (Lipinski definition) is 0. The first kappa shape index (κ1) is 25.2. The minimum Gasteiger partial charge on any atom is -0.406 e. The molecule has 0 saturated heterocycles. The summed E-state index contributed by atoms with van der Waals surface area (Å²) in [4.78, 5) is 6.58. The summed E-state index contributed by atoms with van der Waals surface area (Å²) in [6.07, 6.45) is 1.18. The van der Waals surface area contributed by atoms with Crippen molar-refractivity contribution in [1.82, 2.24) is 15.0 Å². The molecule has 1 heterocycles. The third-order valence-electron chi connectivity index (χ3n) is 6.67. The van der Waals surface area contributed by atoms with Crippen LogP contribution in [0.25, 0.3) is 11.4 Å². The van der Waals surface area contributed by atoms with Crippen LogP contribution in [0.15, 0.2) is 53.1 Å². The van der Waals surface area contributed by atoms with Crippen LogP contribution >= 0.6 is 0 Å². The molecule has 0 bridgehead atoms. The molecule has 0 N–H and O–H groups in total. The Morgan fingerprint density at radius 3 is 2.40 bits per heavy atom. The number of benzene rings is 2. The van der Waals surface area contributed by atoms with E-state index in [-0.39, 0.29) is 17.6 Å². The van der Waals surface area contributed by atoms with Crippen LogP contribution in [0.4, 0.5) is 17.6 Å². The summed E-state index contributed by atoms with van der Waals surface area (Å²) >= 11 is 0. The third-order valence-corrected chi connectivity index (χ3v) is 6.67. The van der Waals surface area contributed by atoms with Crippen LogP contribution in [-0.2, 0) is 6.42 Å². The molecule has 1 aliphatic rings. The van der Waals surface area contributed by atoms with Crippen molar-refractivity contribution in [3.05, 3.63) is 65.8 Å². The molecular weight excluding hydrogens is 462 g/mol. The second kappa shape index (κ2) is 10.8. The number of aryl methyl sites for hydroxylation is 1. The fourth-order valence-corrected chi connectivity index (χ4v) is 5.08. The monoisotopic (exact) mass is 491 g/mol. The number of hydrogen-bond acceptors (Lipinski definition) is 5. The fourth-order valence-electron chi connectivity index (χ4n) is 5.08. The van der Waals surface area contributed by atoms with Gasteiger partial charge in [-0.3, -0.25) is 0 Å². The van der Waals surface area contributed by atoms with Gasteiger partial charge in [0.2, 0.25) is 11.7 Å². The van der Waals surface area contributed by atoms with Crippen LogP contribution in [-0.4, -0.2) is 35.5 Å². The van der Waals surface area contributed by atoms with E-state index < -0.39 is 6.36 Å². The third kappa shape index (κ3) is 6.81. The lowest BCUT2D eigenvalue weighted by molar-refractivity contribution is -0.274. The van der Waals surface area contributed by atoms with Gasteiger partial charge in [0.05, 0.1) is 0 Å². The zero-order valence-corrected chi connectivity index (χ0v) is 19.8. The van der Waals surface area contributed by atoms with Gasteiger partial charge in [-0.25, -0.2) is 4.39 Å². The molecule has 35 heavy (non-hydrogen) atoms. The predicted molar refractivity (Wildman–Crippen MR) is 123 cm³/mol. The molecule has 3 aromatic rings. The number of alkyl halides is 3. The molecule has 2 aromatic carbocycles. The summed E-state index contributed by atoms with van der Waals surface area (Å²) in [5.41, 5.74) is 1.58. The summed E-state index contributed by atoms with van der Waals surface area (Å²) in [6, 6.07) is 12.5. The molecule has 1 saturated carbocycles. The minimum atomic E-state index is -4.73. The molecular formula is C26H29F4N3O2. The standard InChI is InChI=1S/C26H29F4N3O2/c1-33(2)24(20-4-3-5-21(27)16-20)18-9-6-17(7-10-18)8-15-23-31-25(32-35-23)19-11-13-22(14-12-19)34-26(28,29)30/h3-5,11-14,16-18,24H,6-10,15H2,1-2H3. The summed E-state index contributed by atoms with van der Waals surface area (Å²) in [7, 11) is 4.09. The molecule has 0 radical (unpaired) electrons. The summed E-state index contributed by atoms with van der Waals surface area (Å²) in [5.74, 6) is 1.38. The van der Waals surface area contributed by atoms with Crippen molar-refractivity contribution in [2.75, 3.05) is 14.1 Å². The van der Waals surface area contributed by atoms with Crippen molar-refractivity contribution >= 4 is 0 Å². The average Bonchev–Trinajstić information content (AvgIpc) is 3.27. The van der Waals surface area contributed by atoms with Crippen molar-refractivity contribution < 1.29 is 26.8 Å². The molecule has 0 aliphatic heterocycles. The molecule has 1 aliphatic carbocycles. The number of rotatable bonds is 8. The van der Waals surface area contributed by atoms with Gasteiger partial charge < -0.3 is 14.2 Å². The molecule has 0 spiro atoms. The molecule has 1 unspecified atom stereocenters. The Morgan fingerprint density at radius 2 is 1.77 bits per heavy atom. The largest absolute Gasteiger partial charge is 0.573 e. The van der Waals surface area contributed by atoms with Gasteiger partial charge in [-0.05, 0) is 87.2 Å². The highest BCUT2D eigenvalue weighted by molar-refractivity contribution is 5.55. The van der Waals surface area contributed by atoms with E-state index in [9.17, 15) is 17.6 Å². The van der Waals surface area contributed by atoms with Gasteiger partial charge in [0.25, 0.3) is 0 Å². The van der Waals surface area contributed by atoms with Crippen LogP contribution < -0.4 is 4.74 Å². The Kier molecular flexibility index (Phi) is 7.74. The van der Waals surface area contributed by atoms with Gasteiger partial charge in [0.1, 0.15) is 11.6 Å². The molecule has 1 atom stereocenters. The van der Waals surface area contributed by atoms with Gasteiger partial charge >= 0.3 is 6.36 Å². The maximum Gasteiger partial charge on any atom is 0.573 e. The van der Waals surface area contributed by atoms with Crippen molar-refractivity contribution in [2.45, 2.75) is 50.9 Å². The first-order valence-corrected chi connectivity index (χ1v) is 11.8. The van der Waals surface area contributed by atoms with E-state index in [1.807, 2.05) is 20.2 Å².